The SMILES string of the molecule is CCOc1cc2c3c(c1)[C@]1(SCC(=O)N1c1ccc(Oc4ccccc4)cc1)C(=O)N3C(C)(C)C[C@H]2C. The van der Waals surface area contributed by atoms with Crippen LogP contribution < -0.4 is 19.3 Å². The molecule has 0 N–H and O–H groups in total. The Balaban J connectivity index is 1.48. The van der Waals surface area contributed by atoms with Gasteiger partial charge in [-0.05, 0) is 87.2 Å². The molecule has 3 aliphatic heterocycles. The number of hydrogen-bond acceptors (Lipinski definition) is 5. The Morgan fingerprint density at radius 3 is 2.35 bits per heavy atom. The van der Waals surface area contributed by atoms with Crippen molar-refractivity contribution in [1.82, 2.24) is 0 Å². The summed E-state index contributed by atoms with van der Waals surface area (Å²) in [6.45, 7) is 8.92. The fourth-order valence-electron chi connectivity index (χ4n) is 6.10. The predicted molar refractivity (Wildman–Crippen MR) is 147 cm³/mol. The predicted octanol–water partition coefficient (Wildman–Crippen LogP) is 6.44. The summed E-state index contributed by atoms with van der Waals surface area (Å²) in [5.74, 6) is 2.48. The van der Waals surface area contributed by atoms with Crippen LogP contribution in [0, 0.1) is 0 Å². The highest BCUT2D eigenvalue weighted by Crippen LogP contribution is 2.62. The molecule has 6 rings (SSSR count). The first-order chi connectivity index (χ1) is 17.8. The van der Waals surface area contributed by atoms with Gasteiger partial charge >= 0.3 is 0 Å². The third-order valence-electron chi connectivity index (χ3n) is 7.49. The zero-order valence-electron chi connectivity index (χ0n) is 21.5. The van der Waals surface area contributed by atoms with E-state index in [2.05, 4.69) is 26.8 Å². The van der Waals surface area contributed by atoms with Gasteiger partial charge in [-0.1, -0.05) is 25.1 Å². The van der Waals surface area contributed by atoms with Crippen LogP contribution in [0.1, 0.15) is 51.2 Å². The van der Waals surface area contributed by atoms with E-state index >= 15 is 0 Å². The molecule has 37 heavy (non-hydrogen) atoms. The first-order valence-corrected chi connectivity index (χ1v) is 13.7. The van der Waals surface area contributed by atoms with Gasteiger partial charge in [0, 0.05) is 16.8 Å². The summed E-state index contributed by atoms with van der Waals surface area (Å²) in [5.41, 5.74) is 3.19. The maximum absolute atomic E-state index is 14.5. The molecule has 2 atom stereocenters. The summed E-state index contributed by atoms with van der Waals surface area (Å²) in [7, 11) is 0. The molecule has 2 amide bonds. The van der Waals surface area contributed by atoms with E-state index < -0.39 is 4.87 Å². The summed E-state index contributed by atoms with van der Waals surface area (Å²) in [5, 5.41) is 0. The van der Waals surface area contributed by atoms with Gasteiger partial charge in [-0.25, -0.2) is 0 Å². The van der Waals surface area contributed by atoms with E-state index in [1.807, 2.05) is 72.5 Å². The molecule has 0 saturated carbocycles. The van der Waals surface area contributed by atoms with Crippen LogP contribution in [0.25, 0.3) is 0 Å². The lowest BCUT2D eigenvalue weighted by Crippen LogP contribution is -2.56. The van der Waals surface area contributed by atoms with Gasteiger partial charge in [-0.15, -0.1) is 11.8 Å². The van der Waals surface area contributed by atoms with Crippen molar-refractivity contribution in [1.29, 1.82) is 0 Å². The van der Waals surface area contributed by atoms with E-state index in [0.717, 1.165) is 34.7 Å². The lowest BCUT2D eigenvalue weighted by Gasteiger charge is -2.44. The highest BCUT2D eigenvalue weighted by Gasteiger charge is 2.64. The number of hydrogen-bond donors (Lipinski definition) is 0. The number of nitrogens with zero attached hydrogens (tertiary/aromatic N) is 2. The molecule has 0 unspecified atom stereocenters. The Labute approximate surface area is 221 Å². The molecule has 1 fully saturated rings. The minimum atomic E-state index is -1.17. The van der Waals surface area contributed by atoms with Gasteiger partial charge < -0.3 is 14.4 Å². The fourth-order valence-corrected chi connectivity index (χ4v) is 7.42. The molecule has 3 heterocycles. The molecule has 0 aromatic heterocycles. The van der Waals surface area contributed by atoms with Crippen LogP contribution in [-0.2, 0) is 14.5 Å². The summed E-state index contributed by atoms with van der Waals surface area (Å²) in [6, 6.07) is 21.0. The second-order valence-electron chi connectivity index (χ2n) is 10.5. The number of ether oxygens (including phenoxy) is 2. The van der Waals surface area contributed by atoms with E-state index in [1.165, 1.54) is 11.8 Å². The van der Waals surface area contributed by atoms with Crippen LogP contribution in [0.3, 0.4) is 0 Å². The minimum absolute atomic E-state index is 0.0604. The molecule has 6 nitrogen and oxygen atoms in total. The molecule has 0 aliphatic carbocycles. The maximum Gasteiger partial charge on any atom is 0.269 e. The Hall–Kier alpha value is -3.45. The second kappa shape index (κ2) is 8.55. The van der Waals surface area contributed by atoms with Crippen LogP contribution in [0.2, 0.25) is 0 Å². The molecular formula is C30H30N2O4S. The van der Waals surface area contributed by atoms with E-state index in [0.29, 0.717) is 18.0 Å². The summed E-state index contributed by atoms with van der Waals surface area (Å²) in [6.07, 6.45) is 0.834. The number of anilines is 2. The number of benzene rings is 3. The topological polar surface area (TPSA) is 59.1 Å². The molecule has 1 saturated heterocycles. The van der Waals surface area contributed by atoms with Crippen molar-refractivity contribution in [3.63, 3.8) is 0 Å². The van der Waals surface area contributed by atoms with Crippen molar-refractivity contribution < 1.29 is 19.1 Å². The van der Waals surface area contributed by atoms with Gasteiger partial charge in [0.25, 0.3) is 5.91 Å². The van der Waals surface area contributed by atoms with E-state index in [-0.39, 0.29) is 29.0 Å². The minimum Gasteiger partial charge on any atom is -0.494 e. The standard InChI is InChI=1S/C30H30N2O4S/c1-5-35-23-15-24-19(2)17-29(3,4)32-27(24)25(16-23)30(28(32)34)31(26(33)18-37-30)20-11-13-22(14-12-20)36-21-9-7-6-8-10-21/h6-16,19H,5,17-18H2,1-4H3/t19-,30+/m1/s1. The van der Waals surface area contributed by atoms with Crippen LogP contribution >= 0.6 is 11.8 Å². The van der Waals surface area contributed by atoms with Crippen LogP contribution in [0.4, 0.5) is 11.4 Å². The van der Waals surface area contributed by atoms with Gasteiger partial charge in [-0.2, -0.15) is 0 Å². The van der Waals surface area contributed by atoms with Crippen molar-refractivity contribution in [3.8, 4) is 17.2 Å². The van der Waals surface area contributed by atoms with Crippen molar-refractivity contribution in [2.45, 2.75) is 50.4 Å². The smallest absolute Gasteiger partial charge is 0.269 e. The first kappa shape index (κ1) is 23.9. The van der Waals surface area contributed by atoms with Crippen LogP contribution in [0.5, 0.6) is 17.2 Å². The molecule has 3 aromatic rings. The Kier molecular flexibility index (Phi) is 5.53. The van der Waals surface area contributed by atoms with Crippen LogP contribution in [0.15, 0.2) is 66.7 Å². The van der Waals surface area contributed by atoms with Crippen molar-refractivity contribution in [2.24, 2.45) is 0 Å². The molecule has 190 valence electrons. The Morgan fingerprint density at radius 1 is 0.946 bits per heavy atom. The lowest BCUT2D eigenvalue weighted by molar-refractivity contribution is -0.124. The fraction of sp³-hybridized carbons (Fsp3) is 0.333. The highest BCUT2D eigenvalue weighted by molar-refractivity contribution is 8.02. The first-order valence-electron chi connectivity index (χ1n) is 12.7. The average molecular weight is 515 g/mol. The number of fused-ring (bicyclic) bond motifs is 1. The van der Waals surface area contributed by atoms with E-state index in [4.69, 9.17) is 9.47 Å². The second-order valence-corrected chi connectivity index (χ2v) is 11.6. The third-order valence-corrected chi connectivity index (χ3v) is 8.88. The number of para-hydroxylation sites is 1. The molecule has 1 spiro atoms. The highest BCUT2D eigenvalue weighted by atomic mass is 32.2. The zero-order valence-corrected chi connectivity index (χ0v) is 22.3. The molecule has 0 radical (unpaired) electrons. The van der Waals surface area contributed by atoms with E-state index in [1.54, 1.807) is 4.90 Å². The van der Waals surface area contributed by atoms with Gasteiger partial charge in [-0.3, -0.25) is 14.5 Å². The van der Waals surface area contributed by atoms with Crippen LogP contribution in [-0.4, -0.2) is 29.7 Å². The zero-order chi connectivity index (χ0) is 25.9. The average Bonchev–Trinajstić information content (AvgIpc) is 3.34. The molecular weight excluding hydrogens is 484 g/mol. The number of carbonyl (C=O) groups excluding carboxylic acids is 2. The lowest BCUT2D eigenvalue weighted by atomic mass is 9.80. The summed E-state index contributed by atoms with van der Waals surface area (Å²) < 4.78 is 11.9. The number of rotatable bonds is 5. The van der Waals surface area contributed by atoms with Gasteiger partial charge in [0.05, 0.1) is 18.0 Å². The van der Waals surface area contributed by atoms with Crippen molar-refractivity contribution in [3.05, 3.63) is 77.9 Å². The monoisotopic (exact) mass is 514 g/mol. The summed E-state index contributed by atoms with van der Waals surface area (Å²) >= 11 is 1.40. The maximum atomic E-state index is 14.5. The molecule has 3 aliphatic rings. The summed E-state index contributed by atoms with van der Waals surface area (Å²) in [4.78, 5) is 30.4. The molecule has 3 aromatic carbocycles. The van der Waals surface area contributed by atoms with Gasteiger partial charge in [0.2, 0.25) is 10.8 Å². The van der Waals surface area contributed by atoms with Crippen molar-refractivity contribution >= 4 is 35.0 Å². The third kappa shape index (κ3) is 3.55. The quantitative estimate of drug-likeness (QED) is 0.392. The largest absolute Gasteiger partial charge is 0.494 e. The van der Waals surface area contributed by atoms with Crippen molar-refractivity contribution in [2.75, 3.05) is 22.2 Å². The van der Waals surface area contributed by atoms with Gasteiger partial charge in [0.15, 0.2) is 0 Å². The van der Waals surface area contributed by atoms with Gasteiger partial charge in [0.1, 0.15) is 17.2 Å². The number of amides is 2. The normalized spacial score (nSPS) is 23.5. The molecule has 7 heteroatoms. The number of thioether (sulfide) groups is 1. The molecule has 0 bridgehead atoms. The Bertz CT molecular complexity index is 1390. The number of carbonyl (C=O) groups is 2. The van der Waals surface area contributed by atoms with E-state index in [9.17, 15) is 9.59 Å². The Morgan fingerprint density at radius 2 is 1.65 bits per heavy atom.